The Bertz CT molecular complexity index is 170. The highest BCUT2D eigenvalue weighted by Crippen LogP contribution is 2.19. The molecule has 2 saturated heterocycles. The van der Waals surface area contributed by atoms with Crippen LogP contribution in [0.5, 0.6) is 0 Å². The van der Waals surface area contributed by atoms with Gasteiger partial charge in [-0.25, -0.2) is 4.79 Å². The van der Waals surface area contributed by atoms with Crippen LogP contribution >= 0.6 is 12.4 Å². The summed E-state index contributed by atoms with van der Waals surface area (Å²) in [5.74, 6) is 0. The van der Waals surface area contributed by atoms with E-state index in [9.17, 15) is 4.79 Å². The highest BCUT2D eigenvalue weighted by molar-refractivity contribution is 5.85. The molecule has 1 amide bonds. The topological polar surface area (TPSA) is 50.4 Å². The zero-order valence-electron chi connectivity index (χ0n) is 6.05. The van der Waals surface area contributed by atoms with Gasteiger partial charge < -0.3 is 15.4 Å². The maximum absolute atomic E-state index is 10.7. The lowest BCUT2D eigenvalue weighted by molar-refractivity contribution is 0.0654. The Morgan fingerprint density at radius 1 is 1.45 bits per heavy atom. The number of carbonyl (C=O) groups excluding carboxylic acids is 1. The number of carbonyl (C=O) groups is 1. The molecule has 2 rings (SSSR count). The summed E-state index contributed by atoms with van der Waals surface area (Å²) >= 11 is 0. The zero-order valence-corrected chi connectivity index (χ0v) is 6.87. The van der Waals surface area contributed by atoms with Crippen LogP contribution in [0.4, 0.5) is 4.79 Å². The predicted molar refractivity (Wildman–Crippen MR) is 41.9 cm³/mol. The maximum atomic E-state index is 10.7. The molecule has 0 aromatic carbocycles. The van der Waals surface area contributed by atoms with Gasteiger partial charge in [0.25, 0.3) is 0 Å². The van der Waals surface area contributed by atoms with Crippen LogP contribution in [0.3, 0.4) is 0 Å². The summed E-state index contributed by atoms with van der Waals surface area (Å²) in [6.45, 7) is 2.34. The average Bonchev–Trinajstić information content (AvgIpc) is 1.85. The SMILES string of the molecule is Cl.O=C1NC2(CCO1)CNC2. The fourth-order valence-corrected chi connectivity index (χ4v) is 1.35. The van der Waals surface area contributed by atoms with Gasteiger partial charge in [-0.2, -0.15) is 0 Å². The second-order valence-electron chi connectivity index (χ2n) is 2.89. The van der Waals surface area contributed by atoms with Crippen molar-refractivity contribution in [3.05, 3.63) is 0 Å². The van der Waals surface area contributed by atoms with Crippen LogP contribution in [-0.2, 0) is 4.74 Å². The van der Waals surface area contributed by atoms with Crippen molar-refractivity contribution >= 4 is 18.5 Å². The second-order valence-corrected chi connectivity index (χ2v) is 2.89. The molecule has 0 unspecified atom stereocenters. The molecule has 1 spiro atoms. The molecule has 0 aromatic rings. The lowest BCUT2D eigenvalue weighted by atomic mass is 9.88. The largest absolute Gasteiger partial charge is 0.449 e. The average molecular weight is 179 g/mol. The van der Waals surface area contributed by atoms with E-state index in [1.165, 1.54) is 0 Å². The van der Waals surface area contributed by atoms with Crippen LogP contribution in [0.15, 0.2) is 0 Å². The molecule has 0 bridgehead atoms. The van der Waals surface area contributed by atoms with Gasteiger partial charge >= 0.3 is 6.09 Å². The van der Waals surface area contributed by atoms with E-state index in [0.29, 0.717) is 6.61 Å². The van der Waals surface area contributed by atoms with Crippen LogP contribution in [0.1, 0.15) is 6.42 Å². The third kappa shape index (κ3) is 1.41. The summed E-state index contributed by atoms with van der Waals surface area (Å²) < 4.78 is 4.73. The molecule has 2 heterocycles. The minimum Gasteiger partial charge on any atom is -0.449 e. The predicted octanol–water partition coefficient (Wildman–Crippen LogP) is -0.120. The molecule has 0 atom stereocenters. The quantitative estimate of drug-likeness (QED) is 0.544. The third-order valence-electron chi connectivity index (χ3n) is 2.11. The standard InChI is InChI=1S/C6H10N2O2.ClH/c9-5-8-6(1-2-10-5)3-7-4-6;/h7H,1-4H2,(H,8,9);1H. The van der Waals surface area contributed by atoms with E-state index in [1.807, 2.05) is 0 Å². The summed E-state index contributed by atoms with van der Waals surface area (Å²) in [4.78, 5) is 10.7. The Morgan fingerprint density at radius 3 is 2.55 bits per heavy atom. The summed E-state index contributed by atoms with van der Waals surface area (Å²) in [7, 11) is 0. The minimum atomic E-state index is -0.271. The molecule has 5 heteroatoms. The number of cyclic esters (lactones) is 1. The van der Waals surface area contributed by atoms with Crippen molar-refractivity contribution in [3.63, 3.8) is 0 Å². The molecule has 4 nitrogen and oxygen atoms in total. The van der Waals surface area contributed by atoms with Gasteiger partial charge in [-0.3, -0.25) is 0 Å². The minimum absolute atomic E-state index is 0. The van der Waals surface area contributed by atoms with Crippen LogP contribution < -0.4 is 10.6 Å². The van der Waals surface area contributed by atoms with E-state index in [2.05, 4.69) is 10.6 Å². The van der Waals surface area contributed by atoms with Gasteiger partial charge in [0.05, 0.1) is 12.1 Å². The van der Waals surface area contributed by atoms with Crippen molar-refractivity contribution in [1.29, 1.82) is 0 Å². The van der Waals surface area contributed by atoms with E-state index in [0.717, 1.165) is 19.5 Å². The highest BCUT2D eigenvalue weighted by Gasteiger charge is 2.41. The van der Waals surface area contributed by atoms with Crippen molar-refractivity contribution in [2.75, 3.05) is 19.7 Å². The summed E-state index contributed by atoms with van der Waals surface area (Å²) in [5.41, 5.74) is 0.0370. The van der Waals surface area contributed by atoms with E-state index in [1.54, 1.807) is 0 Å². The van der Waals surface area contributed by atoms with Gasteiger partial charge in [0.1, 0.15) is 0 Å². The fourth-order valence-electron chi connectivity index (χ4n) is 1.35. The molecule has 11 heavy (non-hydrogen) atoms. The van der Waals surface area contributed by atoms with Crippen LogP contribution in [0, 0.1) is 0 Å². The van der Waals surface area contributed by atoms with Crippen molar-refractivity contribution < 1.29 is 9.53 Å². The Kier molecular flexibility index (Phi) is 2.25. The van der Waals surface area contributed by atoms with E-state index < -0.39 is 0 Å². The van der Waals surface area contributed by atoms with Gasteiger partial charge in [-0.05, 0) is 0 Å². The molecule has 2 aliphatic rings. The maximum Gasteiger partial charge on any atom is 0.407 e. The Morgan fingerprint density at radius 2 is 2.18 bits per heavy atom. The van der Waals surface area contributed by atoms with Gasteiger partial charge in [0.2, 0.25) is 0 Å². The summed E-state index contributed by atoms with van der Waals surface area (Å²) in [5, 5.41) is 5.93. The summed E-state index contributed by atoms with van der Waals surface area (Å²) in [6, 6.07) is 0. The number of hydrogen-bond donors (Lipinski definition) is 2. The fraction of sp³-hybridized carbons (Fsp3) is 0.833. The second kappa shape index (κ2) is 2.87. The Balaban J connectivity index is 0.000000605. The number of halogens is 1. The third-order valence-corrected chi connectivity index (χ3v) is 2.11. The molecule has 0 aliphatic carbocycles. The molecule has 0 aromatic heterocycles. The van der Waals surface area contributed by atoms with Gasteiger partial charge in [0, 0.05) is 19.5 Å². The van der Waals surface area contributed by atoms with E-state index in [-0.39, 0.29) is 24.0 Å². The normalized spacial score (nSPS) is 26.0. The van der Waals surface area contributed by atoms with Gasteiger partial charge in [-0.1, -0.05) is 0 Å². The first-order valence-corrected chi connectivity index (χ1v) is 3.46. The van der Waals surface area contributed by atoms with Gasteiger partial charge in [0.15, 0.2) is 0 Å². The molecule has 2 aliphatic heterocycles. The first-order chi connectivity index (χ1) is 4.81. The number of alkyl carbamates (subject to hydrolysis) is 1. The molecule has 0 radical (unpaired) electrons. The molecule has 2 fully saturated rings. The monoisotopic (exact) mass is 178 g/mol. The lowest BCUT2D eigenvalue weighted by Gasteiger charge is -2.45. The van der Waals surface area contributed by atoms with Gasteiger partial charge in [-0.15, -0.1) is 12.4 Å². The van der Waals surface area contributed by atoms with Crippen molar-refractivity contribution in [1.82, 2.24) is 10.6 Å². The molecule has 64 valence electrons. The number of ether oxygens (including phenoxy) is 1. The first kappa shape index (κ1) is 8.62. The number of hydrogen-bond acceptors (Lipinski definition) is 3. The van der Waals surface area contributed by atoms with Crippen LogP contribution in [0.2, 0.25) is 0 Å². The smallest absolute Gasteiger partial charge is 0.407 e. The lowest BCUT2D eigenvalue weighted by Crippen LogP contribution is -2.71. The molecular weight excluding hydrogens is 168 g/mol. The van der Waals surface area contributed by atoms with E-state index >= 15 is 0 Å². The number of amides is 1. The molecule has 0 saturated carbocycles. The Hall–Kier alpha value is -0.480. The molecule has 2 N–H and O–H groups in total. The van der Waals surface area contributed by atoms with Crippen LogP contribution in [0.25, 0.3) is 0 Å². The van der Waals surface area contributed by atoms with E-state index in [4.69, 9.17) is 4.74 Å². The van der Waals surface area contributed by atoms with Crippen LogP contribution in [-0.4, -0.2) is 31.3 Å². The first-order valence-electron chi connectivity index (χ1n) is 3.46. The van der Waals surface area contributed by atoms with Crippen molar-refractivity contribution in [2.45, 2.75) is 12.0 Å². The Labute approximate surface area is 71.1 Å². The molecular formula is C6H11ClN2O2. The highest BCUT2D eigenvalue weighted by atomic mass is 35.5. The van der Waals surface area contributed by atoms with Crippen molar-refractivity contribution in [2.24, 2.45) is 0 Å². The number of nitrogens with one attached hydrogen (secondary N) is 2. The summed E-state index contributed by atoms with van der Waals surface area (Å²) in [6.07, 6.45) is 0.666. The number of rotatable bonds is 0. The zero-order chi connectivity index (χ0) is 7.03. The van der Waals surface area contributed by atoms with Crippen molar-refractivity contribution in [3.8, 4) is 0 Å².